The maximum absolute atomic E-state index is 13.8. The fraction of sp³-hybridized carbons (Fsp3) is 0.238. The maximum atomic E-state index is 13.8. The molecule has 2 aromatic carbocycles. The van der Waals surface area contributed by atoms with Gasteiger partial charge in [-0.05, 0) is 42.2 Å². The minimum Gasteiger partial charge on any atom is -0.322 e. The first-order chi connectivity index (χ1) is 13.2. The van der Waals surface area contributed by atoms with Crippen molar-refractivity contribution in [3.63, 3.8) is 0 Å². The van der Waals surface area contributed by atoms with Crippen molar-refractivity contribution >= 4 is 11.6 Å². The monoisotopic (exact) mass is 387 g/mol. The standard InChI is InChI=1S/C21H20F3N3O/c1-13(2)15-8-10-16(11-9-15)26-20(28)17-12-25-27(19(17)21(22,23)24)18-7-5-4-6-14(18)3/h4-13H,1-3H3,(H,26,28). The van der Waals surface area contributed by atoms with Crippen LogP contribution in [0.15, 0.2) is 54.7 Å². The van der Waals surface area contributed by atoms with Crippen LogP contribution < -0.4 is 5.32 Å². The zero-order valence-electron chi connectivity index (χ0n) is 15.7. The summed E-state index contributed by atoms with van der Waals surface area (Å²) in [6.07, 6.45) is -3.79. The lowest BCUT2D eigenvalue weighted by molar-refractivity contribution is -0.143. The topological polar surface area (TPSA) is 46.9 Å². The van der Waals surface area contributed by atoms with Crippen LogP contribution in [0.3, 0.4) is 0 Å². The smallest absolute Gasteiger partial charge is 0.322 e. The Kier molecular flexibility index (Phi) is 5.27. The van der Waals surface area contributed by atoms with Crippen LogP contribution in [0, 0.1) is 6.92 Å². The van der Waals surface area contributed by atoms with Crippen LogP contribution in [0.2, 0.25) is 0 Å². The summed E-state index contributed by atoms with van der Waals surface area (Å²) >= 11 is 0. The highest BCUT2D eigenvalue weighted by atomic mass is 19.4. The molecule has 0 atom stereocenters. The molecule has 3 rings (SSSR count). The average molecular weight is 387 g/mol. The molecule has 28 heavy (non-hydrogen) atoms. The van der Waals surface area contributed by atoms with E-state index in [0.29, 0.717) is 17.2 Å². The number of carbonyl (C=O) groups excluding carboxylic acids is 1. The second-order valence-electron chi connectivity index (χ2n) is 6.83. The third-order valence-corrected chi connectivity index (χ3v) is 4.46. The molecule has 7 heteroatoms. The lowest BCUT2D eigenvalue weighted by atomic mass is 10.0. The van der Waals surface area contributed by atoms with Crippen molar-refractivity contribution in [3.8, 4) is 5.69 Å². The first-order valence-corrected chi connectivity index (χ1v) is 8.81. The highest BCUT2D eigenvalue weighted by Crippen LogP contribution is 2.34. The SMILES string of the molecule is Cc1ccccc1-n1ncc(C(=O)Nc2ccc(C(C)C)cc2)c1C(F)(F)F. The molecule has 3 aromatic rings. The van der Waals surface area contributed by atoms with Crippen molar-refractivity contribution in [2.24, 2.45) is 0 Å². The molecule has 1 aromatic heterocycles. The predicted octanol–water partition coefficient (Wildman–Crippen LogP) is 5.58. The van der Waals surface area contributed by atoms with E-state index in [1.54, 1.807) is 37.3 Å². The zero-order chi connectivity index (χ0) is 20.5. The van der Waals surface area contributed by atoms with Gasteiger partial charge in [0.1, 0.15) is 0 Å². The van der Waals surface area contributed by atoms with E-state index in [4.69, 9.17) is 0 Å². The second kappa shape index (κ2) is 7.50. The molecule has 0 aliphatic heterocycles. The number of carbonyl (C=O) groups is 1. The number of nitrogens with one attached hydrogen (secondary N) is 1. The van der Waals surface area contributed by atoms with Crippen LogP contribution in [0.4, 0.5) is 18.9 Å². The lowest BCUT2D eigenvalue weighted by Gasteiger charge is -2.14. The van der Waals surface area contributed by atoms with E-state index in [1.165, 1.54) is 6.07 Å². The van der Waals surface area contributed by atoms with Crippen molar-refractivity contribution in [1.82, 2.24) is 9.78 Å². The van der Waals surface area contributed by atoms with E-state index >= 15 is 0 Å². The molecule has 4 nitrogen and oxygen atoms in total. The summed E-state index contributed by atoms with van der Waals surface area (Å²) in [5.74, 6) is -0.543. The second-order valence-corrected chi connectivity index (χ2v) is 6.83. The Bertz CT molecular complexity index is 989. The van der Waals surface area contributed by atoms with Crippen LogP contribution in [-0.4, -0.2) is 15.7 Å². The van der Waals surface area contributed by atoms with E-state index in [9.17, 15) is 18.0 Å². The Morgan fingerprint density at radius 3 is 2.29 bits per heavy atom. The number of alkyl halides is 3. The number of anilines is 1. The Morgan fingerprint density at radius 2 is 1.71 bits per heavy atom. The number of aryl methyl sites for hydroxylation is 1. The van der Waals surface area contributed by atoms with E-state index in [2.05, 4.69) is 10.4 Å². The Balaban J connectivity index is 1.98. The molecule has 0 fully saturated rings. The van der Waals surface area contributed by atoms with Crippen molar-refractivity contribution in [1.29, 1.82) is 0 Å². The number of para-hydroxylation sites is 1. The fourth-order valence-electron chi connectivity index (χ4n) is 2.92. The fourth-order valence-corrected chi connectivity index (χ4v) is 2.92. The molecule has 0 aliphatic rings. The summed E-state index contributed by atoms with van der Waals surface area (Å²) in [5.41, 5.74) is 0.761. The first kappa shape index (κ1) is 19.7. The minimum atomic E-state index is -4.74. The third-order valence-electron chi connectivity index (χ3n) is 4.46. The van der Waals surface area contributed by atoms with Crippen LogP contribution in [0.1, 0.15) is 46.9 Å². The number of rotatable bonds is 4. The summed E-state index contributed by atoms with van der Waals surface area (Å²) < 4.78 is 42.0. The van der Waals surface area contributed by atoms with Crippen LogP contribution in [-0.2, 0) is 6.18 Å². The minimum absolute atomic E-state index is 0.273. The predicted molar refractivity (Wildman–Crippen MR) is 102 cm³/mol. The summed E-state index contributed by atoms with van der Waals surface area (Å²) in [6.45, 7) is 5.75. The highest BCUT2D eigenvalue weighted by Gasteiger charge is 2.40. The number of nitrogens with zero attached hydrogens (tertiary/aromatic N) is 2. The van der Waals surface area contributed by atoms with Gasteiger partial charge in [0.15, 0.2) is 5.69 Å². The molecule has 0 radical (unpaired) electrons. The van der Waals surface area contributed by atoms with Gasteiger partial charge in [-0.2, -0.15) is 18.3 Å². The van der Waals surface area contributed by atoms with Crippen LogP contribution in [0.25, 0.3) is 5.69 Å². The molecule has 1 amide bonds. The van der Waals surface area contributed by atoms with Crippen molar-refractivity contribution in [2.75, 3.05) is 5.32 Å². The molecule has 0 spiro atoms. The molecule has 0 unspecified atom stereocenters. The molecule has 1 N–H and O–H groups in total. The van der Waals surface area contributed by atoms with Gasteiger partial charge in [-0.3, -0.25) is 4.79 Å². The summed E-state index contributed by atoms with van der Waals surface area (Å²) in [7, 11) is 0. The average Bonchev–Trinajstić information content (AvgIpc) is 3.08. The number of hydrogen-bond donors (Lipinski definition) is 1. The molecule has 0 saturated heterocycles. The van der Waals surface area contributed by atoms with E-state index in [0.717, 1.165) is 16.4 Å². The molecule has 0 saturated carbocycles. The van der Waals surface area contributed by atoms with Crippen molar-refractivity contribution < 1.29 is 18.0 Å². The van der Waals surface area contributed by atoms with E-state index in [-0.39, 0.29) is 5.69 Å². The van der Waals surface area contributed by atoms with Crippen molar-refractivity contribution in [3.05, 3.63) is 77.1 Å². The third kappa shape index (κ3) is 3.93. The summed E-state index contributed by atoms with van der Waals surface area (Å²) in [5, 5.41) is 6.37. The Labute approximate surface area is 161 Å². The van der Waals surface area contributed by atoms with Gasteiger partial charge in [-0.1, -0.05) is 44.2 Å². The highest BCUT2D eigenvalue weighted by molar-refractivity contribution is 6.05. The molecule has 0 bridgehead atoms. The molecular weight excluding hydrogens is 367 g/mol. The summed E-state index contributed by atoms with van der Waals surface area (Å²) in [6, 6.07) is 13.6. The van der Waals surface area contributed by atoms with Crippen LogP contribution in [0.5, 0.6) is 0 Å². The zero-order valence-corrected chi connectivity index (χ0v) is 15.7. The number of halogens is 3. The van der Waals surface area contributed by atoms with E-state index in [1.807, 2.05) is 26.0 Å². The quantitative estimate of drug-likeness (QED) is 0.636. The number of benzene rings is 2. The van der Waals surface area contributed by atoms with E-state index < -0.39 is 23.3 Å². The summed E-state index contributed by atoms with van der Waals surface area (Å²) in [4.78, 5) is 12.6. The van der Waals surface area contributed by atoms with Gasteiger partial charge in [0, 0.05) is 5.69 Å². The van der Waals surface area contributed by atoms with Gasteiger partial charge in [-0.15, -0.1) is 0 Å². The molecule has 1 heterocycles. The molecular formula is C21H20F3N3O. The number of aromatic nitrogens is 2. The first-order valence-electron chi connectivity index (χ1n) is 8.81. The van der Waals surface area contributed by atoms with Crippen molar-refractivity contribution in [2.45, 2.75) is 32.9 Å². The molecule has 0 aliphatic carbocycles. The number of hydrogen-bond acceptors (Lipinski definition) is 2. The maximum Gasteiger partial charge on any atom is 0.434 e. The van der Waals surface area contributed by atoms with Gasteiger partial charge in [-0.25, -0.2) is 4.68 Å². The molecule has 146 valence electrons. The Hall–Kier alpha value is -3.09. The largest absolute Gasteiger partial charge is 0.434 e. The number of amides is 1. The van der Waals surface area contributed by atoms with Gasteiger partial charge < -0.3 is 5.32 Å². The van der Waals surface area contributed by atoms with Gasteiger partial charge in [0.25, 0.3) is 5.91 Å². The van der Waals surface area contributed by atoms with Gasteiger partial charge in [0.05, 0.1) is 17.4 Å². The van der Waals surface area contributed by atoms with Gasteiger partial charge in [0.2, 0.25) is 0 Å². The lowest BCUT2D eigenvalue weighted by Crippen LogP contribution is -2.21. The normalized spacial score (nSPS) is 11.7. The Morgan fingerprint density at radius 1 is 1.07 bits per heavy atom. The van der Waals surface area contributed by atoms with Gasteiger partial charge >= 0.3 is 6.18 Å². The van der Waals surface area contributed by atoms with Crippen LogP contribution >= 0.6 is 0 Å².